The van der Waals surface area contributed by atoms with Crippen LogP contribution in [0, 0.1) is 0 Å². The van der Waals surface area contributed by atoms with Gasteiger partial charge < -0.3 is 15.1 Å². The van der Waals surface area contributed by atoms with Crippen LogP contribution in [0.5, 0.6) is 0 Å². The van der Waals surface area contributed by atoms with E-state index in [1.165, 1.54) is 0 Å². The van der Waals surface area contributed by atoms with E-state index in [0.717, 1.165) is 39.1 Å². The van der Waals surface area contributed by atoms with E-state index in [4.69, 9.17) is 0 Å². The van der Waals surface area contributed by atoms with Crippen LogP contribution in [0.1, 0.15) is 12.8 Å². The van der Waals surface area contributed by atoms with Gasteiger partial charge in [0.15, 0.2) is 0 Å². The molecule has 26 heavy (non-hydrogen) atoms. The second kappa shape index (κ2) is 8.94. The van der Waals surface area contributed by atoms with Crippen LogP contribution in [-0.4, -0.2) is 87.3 Å². The van der Waals surface area contributed by atoms with Gasteiger partial charge in [-0.2, -0.15) is 4.31 Å². The van der Waals surface area contributed by atoms with Gasteiger partial charge >= 0.3 is 0 Å². The van der Waals surface area contributed by atoms with Crippen LogP contribution in [-0.2, 0) is 14.8 Å². The van der Waals surface area contributed by atoms with Crippen molar-refractivity contribution < 1.29 is 13.2 Å². The lowest BCUT2D eigenvalue weighted by atomic mass is 10.3. The van der Waals surface area contributed by atoms with Gasteiger partial charge in [0.1, 0.15) is 0 Å². The minimum Gasteiger partial charge on any atom is -0.340 e. The Morgan fingerprint density at radius 2 is 1.69 bits per heavy atom. The fraction of sp³-hybridized carbons (Fsp3) is 0.611. The SMILES string of the molecule is O=C(CCN1CCCN(S(=O)(=O)c2ccccc2)CC1)N1CCNCC1. The highest BCUT2D eigenvalue weighted by Crippen LogP contribution is 2.17. The number of nitrogens with zero attached hydrogens (tertiary/aromatic N) is 3. The molecule has 2 aliphatic rings. The van der Waals surface area contributed by atoms with Crippen LogP contribution in [0.3, 0.4) is 0 Å². The van der Waals surface area contributed by atoms with Gasteiger partial charge in [-0.05, 0) is 25.1 Å². The van der Waals surface area contributed by atoms with Crippen LogP contribution in [0.15, 0.2) is 35.2 Å². The summed E-state index contributed by atoms with van der Waals surface area (Å²) in [6.45, 7) is 6.48. The second-order valence-electron chi connectivity index (χ2n) is 6.79. The Hall–Kier alpha value is -1.48. The zero-order valence-corrected chi connectivity index (χ0v) is 16.0. The Morgan fingerprint density at radius 3 is 2.42 bits per heavy atom. The number of piperazine rings is 1. The number of benzene rings is 1. The summed E-state index contributed by atoms with van der Waals surface area (Å²) < 4.78 is 27.1. The van der Waals surface area contributed by atoms with E-state index in [1.54, 1.807) is 28.6 Å². The van der Waals surface area contributed by atoms with Crippen molar-refractivity contribution >= 4 is 15.9 Å². The first-order valence-corrected chi connectivity index (χ1v) is 10.8. The van der Waals surface area contributed by atoms with Crippen LogP contribution in [0.2, 0.25) is 0 Å². The maximum atomic E-state index is 12.8. The fourth-order valence-corrected chi connectivity index (χ4v) is 4.97. The maximum Gasteiger partial charge on any atom is 0.243 e. The molecule has 0 aromatic heterocycles. The summed E-state index contributed by atoms with van der Waals surface area (Å²) in [5.41, 5.74) is 0. The lowest BCUT2D eigenvalue weighted by molar-refractivity contribution is -0.132. The molecule has 0 saturated carbocycles. The first-order valence-electron chi connectivity index (χ1n) is 9.33. The minimum absolute atomic E-state index is 0.199. The van der Waals surface area contributed by atoms with Gasteiger partial charge in [0.25, 0.3) is 0 Å². The highest BCUT2D eigenvalue weighted by atomic mass is 32.2. The summed E-state index contributed by atoms with van der Waals surface area (Å²) in [7, 11) is -3.43. The number of amides is 1. The highest BCUT2D eigenvalue weighted by molar-refractivity contribution is 7.89. The molecule has 1 aromatic rings. The summed E-state index contributed by atoms with van der Waals surface area (Å²) in [4.78, 5) is 16.8. The zero-order valence-electron chi connectivity index (χ0n) is 15.1. The minimum atomic E-state index is -3.43. The van der Waals surface area contributed by atoms with Crippen LogP contribution in [0.4, 0.5) is 0 Å². The molecule has 1 aromatic carbocycles. The summed E-state index contributed by atoms with van der Waals surface area (Å²) in [5, 5.41) is 3.25. The molecule has 144 valence electrons. The average Bonchev–Trinajstić information content (AvgIpc) is 2.94. The molecule has 0 radical (unpaired) electrons. The van der Waals surface area contributed by atoms with E-state index in [-0.39, 0.29) is 5.91 Å². The van der Waals surface area contributed by atoms with Gasteiger partial charge in [-0.1, -0.05) is 18.2 Å². The smallest absolute Gasteiger partial charge is 0.243 e. The van der Waals surface area contributed by atoms with Crippen molar-refractivity contribution in [3.05, 3.63) is 30.3 Å². The van der Waals surface area contributed by atoms with Crippen LogP contribution in [0.25, 0.3) is 0 Å². The van der Waals surface area contributed by atoms with E-state index in [9.17, 15) is 13.2 Å². The third-order valence-electron chi connectivity index (χ3n) is 5.04. The number of nitrogens with one attached hydrogen (secondary N) is 1. The quantitative estimate of drug-likeness (QED) is 0.790. The molecule has 0 aliphatic carbocycles. The largest absolute Gasteiger partial charge is 0.340 e. The lowest BCUT2D eigenvalue weighted by Gasteiger charge is -2.28. The number of carbonyl (C=O) groups excluding carboxylic acids is 1. The maximum absolute atomic E-state index is 12.8. The molecule has 2 aliphatic heterocycles. The van der Waals surface area contributed by atoms with E-state index < -0.39 is 10.0 Å². The Labute approximate surface area is 156 Å². The van der Waals surface area contributed by atoms with E-state index in [1.807, 2.05) is 11.0 Å². The van der Waals surface area contributed by atoms with Gasteiger partial charge in [0, 0.05) is 58.8 Å². The Kier molecular flexibility index (Phi) is 6.63. The average molecular weight is 381 g/mol. The molecule has 0 atom stereocenters. The van der Waals surface area contributed by atoms with Crippen molar-refractivity contribution in [2.45, 2.75) is 17.7 Å². The molecule has 8 heteroatoms. The molecule has 2 fully saturated rings. The molecule has 2 saturated heterocycles. The van der Waals surface area contributed by atoms with Gasteiger partial charge in [-0.25, -0.2) is 8.42 Å². The van der Waals surface area contributed by atoms with E-state index in [2.05, 4.69) is 10.2 Å². The molecule has 0 unspecified atom stereocenters. The van der Waals surface area contributed by atoms with Crippen molar-refractivity contribution in [1.82, 2.24) is 19.4 Å². The second-order valence-corrected chi connectivity index (χ2v) is 8.73. The monoisotopic (exact) mass is 380 g/mol. The number of hydrogen-bond donors (Lipinski definition) is 1. The number of hydrogen-bond acceptors (Lipinski definition) is 5. The normalized spacial score (nSPS) is 20.7. The van der Waals surface area contributed by atoms with Crippen molar-refractivity contribution in [2.24, 2.45) is 0 Å². The van der Waals surface area contributed by atoms with Crippen molar-refractivity contribution in [3.8, 4) is 0 Å². The van der Waals surface area contributed by atoms with Crippen LogP contribution >= 0.6 is 0 Å². The zero-order chi connectivity index (χ0) is 18.4. The highest BCUT2D eigenvalue weighted by Gasteiger charge is 2.27. The predicted octanol–water partition coefficient (Wildman–Crippen LogP) is 0.205. The van der Waals surface area contributed by atoms with Crippen molar-refractivity contribution in [3.63, 3.8) is 0 Å². The summed E-state index contributed by atoms with van der Waals surface area (Å²) in [5.74, 6) is 0.199. The van der Waals surface area contributed by atoms with Crippen molar-refractivity contribution in [2.75, 3.05) is 58.9 Å². The lowest BCUT2D eigenvalue weighted by Crippen LogP contribution is -2.47. The third kappa shape index (κ3) is 4.82. The van der Waals surface area contributed by atoms with Crippen LogP contribution < -0.4 is 5.32 Å². The Balaban J connectivity index is 1.51. The predicted molar refractivity (Wildman–Crippen MR) is 100 cm³/mol. The summed E-state index contributed by atoms with van der Waals surface area (Å²) in [6.07, 6.45) is 1.29. The third-order valence-corrected chi connectivity index (χ3v) is 6.95. The molecule has 0 spiro atoms. The van der Waals surface area contributed by atoms with E-state index in [0.29, 0.717) is 37.5 Å². The standard InChI is InChI=1S/C18H28N4O3S/c23-18(21-13-8-19-9-14-21)7-12-20-10-4-11-22(16-15-20)26(24,25)17-5-2-1-3-6-17/h1-3,5-6,19H,4,7-16H2. The molecule has 1 N–H and O–H groups in total. The van der Waals surface area contributed by atoms with Gasteiger partial charge in [0.2, 0.25) is 15.9 Å². The Morgan fingerprint density at radius 1 is 0.962 bits per heavy atom. The molecule has 2 heterocycles. The molecular formula is C18H28N4O3S. The van der Waals surface area contributed by atoms with Crippen molar-refractivity contribution in [1.29, 1.82) is 0 Å². The number of rotatable bonds is 5. The van der Waals surface area contributed by atoms with E-state index >= 15 is 0 Å². The molecule has 1 amide bonds. The Bertz CT molecular complexity index is 690. The first-order chi connectivity index (χ1) is 12.6. The topological polar surface area (TPSA) is 73.0 Å². The van der Waals surface area contributed by atoms with Gasteiger partial charge in [-0.3, -0.25) is 4.79 Å². The fourth-order valence-electron chi connectivity index (χ4n) is 3.48. The first kappa shape index (κ1) is 19.3. The summed E-state index contributed by atoms with van der Waals surface area (Å²) in [6, 6.07) is 8.60. The van der Waals surface area contributed by atoms with Gasteiger partial charge in [0.05, 0.1) is 4.90 Å². The molecule has 7 nitrogen and oxygen atoms in total. The van der Waals surface area contributed by atoms with Gasteiger partial charge in [-0.15, -0.1) is 0 Å². The molecular weight excluding hydrogens is 352 g/mol. The number of carbonyl (C=O) groups is 1. The summed E-state index contributed by atoms with van der Waals surface area (Å²) >= 11 is 0. The molecule has 0 bridgehead atoms. The number of sulfonamides is 1. The molecule has 3 rings (SSSR count).